The van der Waals surface area contributed by atoms with Crippen molar-refractivity contribution in [3.63, 3.8) is 0 Å². The van der Waals surface area contributed by atoms with Crippen LogP contribution in [0.4, 0.5) is 11.4 Å². The van der Waals surface area contributed by atoms with Gasteiger partial charge in [-0.05, 0) is 24.3 Å². The molecule has 19 heteroatoms. The fourth-order valence-corrected chi connectivity index (χ4v) is 7.75. The topological polar surface area (TPSA) is 253 Å². The largest absolute Gasteiger partial charge is 0.398 e. The third-order valence-electron chi connectivity index (χ3n) is 3.54. The molecule has 0 fully saturated rings. The predicted octanol–water partition coefficient (Wildman–Crippen LogP) is -0.880. The van der Waals surface area contributed by atoms with Crippen LogP contribution in [-0.4, -0.2) is 33.7 Å². The van der Waals surface area contributed by atoms with Crippen molar-refractivity contribution in [3.8, 4) is 0 Å². The van der Waals surface area contributed by atoms with Crippen LogP contribution >= 0.6 is 23.2 Å². The standard InChI is InChI=1S/C12H13Cl2N5O8S4/c13-5-1-8(16)12(3-9(5)28(17,20)21)31(26,27)19-30(24,25)10-4-11(29(18,22)23)7(15)2-6(10)14/h1-4,19H,15-16H2,(H2,17,20,21)(H2,18,22,23). The van der Waals surface area contributed by atoms with Crippen molar-refractivity contribution in [2.75, 3.05) is 11.5 Å². The summed E-state index contributed by atoms with van der Waals surface area (Å²) < 4.78 is 98.1. The van der Waals surface area contributed by atoms with E-state index in [1.807, 2.05) is 0 Å². The fourth-order valence-electron chi connectivity index (χ4n) is 2.24. The van der Waals surface area contributed by atoms with E-state index in [4.69, 9.17) is 44.9 Å². The van der Waals surface area contributed by atoms with E-state index in [-0.39, 0.29) is 0 Å². The number of rotatable bonds is 6. The summed E-state index contributed by atoms with van der Waals surface area (Å²) in [6, 6.07) is 2.37. The first-order valence-electron chi connectivity index (χ1n) is 7.29. The molecule has 0 aliphatic heterocycles. The molecule has 172 valence electrons. The number of nitrogens with one attached hydrogen (secondary N) is 1. The maximum Gasteiger partial charge on any atom is 0.255 e. The van der Waals surface area contributed by atoms with Crippen molar-refractivity contribution in [2.24, 2.45) is 10.3 Å². The smallest absolute Gasteiger partial charge is 0.255 e. The highest BCUT2D eigenvalue weighted by atomic mass is 35.5. The highest BCUT2D eigenvalue weighted by Gasteiger charge is 2.31. The number of nitrogen functional groups attached to an aromatic ring is 2. The highest BCUT2D eigenvalue weighted by molar-refractivity contribution is 8.05. The second-order valence-electron chi connectivity index (χ2n) is 5.82. The van der Waals surface area contributed by atoms with Crippen LogP contribution in [0.15, 0.2) is 43.8 Å². The number of halogens is 2. The zero-order chi connectivity index (χ0) is 24.2. The summed E-state index contributed by atoms with van der Waals surface area (Å²) in [5.41, 5.74) is 9.88. The summed E-state index contributed by atoms with van der Waals surface area (Å²) in [6.07, 6.45) is 0. The molecular formula is C12H13Cl2N5O8S4. The van der Waals surface area contributed by atoms with Gasteiger partial charge in [-0.1, -0.05) is 23.2 Å². The summed E-state index contributed by atoms with van der Waals surface area (Å²) in [4.78, 5) is -3.68. The number of hydrogen-bond acceptors (Lipinski definition) is 10. The van der Waals surface area contributed by atoms with Crippen LogP contribution in [0, 0.1) is 0 Å². The Kier molecular flexibility index (Phi) is 6.61. The molecule has 0 aromatic heterocycles. The minimum Gasteiger partial charge on any atom is -0.398 e. The molecule has 13 nitrogen and oxygen atoms in total. The van der Waals surface area contributed by atoms with Crippen molar-refractivity contribution in [1.29, 1.82) is 0 Å². The van der Waals surface area contributed by atoms with Crippen molar-refractivity contribution < 1.29 is 33.7 Å². The zero-order valence-corrected chi connectivity index (χ0v) is 19.6. The molecule has 0 heterocycles. The Morgan fingerprint density at radius 1 is 0.581 bits per heavy atom. The molecule has 0 aliphatic rings. The van der Waals surface area contributed by atoms with Crippen LogP contribution in [0.3, 0.4) is 0 Å². The molecule has 0 saturated heterocycles. The third-order valence-corrected chi connectivity index (χ3v) is 9.91. The molecule has 0 amide bonds. The summed E-state index contributed by atoms with van der Waals surface area (Å²) in [5, 5.41) is 8.74. The molecule has 0 bridgehead atoms. The number of nitrogens with two attached hydrogens (primary N) is 4. The molecule has 2 rings (SSSR count). The van der Waals surface area contributed by atoms with Gasteiger partial charge in [-0.2, -0.15) is 0 Å². The van der Waals surface area contributed by atoms with Gasteiger partial charge in [0.05, 0.1) is 21.4 Å². The summed E-state index contributed by atoms with van der Waals surface area (Å²) in [6.45, 7) is 0. The molecule has 0 spiro atoms. The van der Waals surface area contributed by atoms with Crippen LogP contribution in [0.2, 0.25) is 10.0 Å². The van der Waals surface area contributed by atoms with E-state index in [1.54, 1.807) is 0 Å². The maximum absolute atomic E-state index is 12.6. The minimum atomic E-state index is -5.09. The van der Waals surface area contributed by atoms with Gasteiger partial charge in [0.15, 0.2) is 0 Å². The van der Waals surface area contributed by atoms with Gasteiger partial charge in [-0.15, -0.1) is 4.13 Å². The lowest BCUT2D eigenvalue weighted by molar-refractivity contribution is 0.577. The van der Waals surface area contributed by atoms with Gasteiger partial charge in [0, 0.05) is 0 Å². The normalized spacial score (nSPS) is 13.3. The van der Waals surface area contributed by atoms with Gasteiger partial charge in [-0.25, -0.2) is 43.9 Å². The lowest BCUT2D eigenvalue weighted by atomic mass is 10.3. The molecular weight excluding hydrogens is 541 g/mol. The number of sulfonamides is 4. The second-order valence-corrected chi connectivity index (χ2v) is 13.3. The first-order chi connectivity index (χ1) is 13.8. The van der Waals surface area contributed by atoms with E-state index in [1.165, 1.54) is 4.13 Å². The number of hydrogen-bond donors (Lipinski definition) is 5. The molecule has 31 heavy (non-hydrogen) atoms. The van der Waals surface area contributed by atoms with E-state index in [9.17, 15) is 33.7 Å². The Morgan fingerprint density at radius 2 is 0.935 bits per heavy atom. The minimum absolute atomic E-state index is 0.450. The van der Waals surface area contributed by atoms with Crippen LogP contribution in [-0.2, 0) is 40.1 Å². The number of anilines is 2. The Labute approximate surface area is 187 Å². The summed E-state index contributed by atoms with van der Waals surface area (Å²) >= 11 is 11.5. The summed E-state index contributed by atoms with van der Waals surface area (Å²) in [5.74, 6) is 0. The van der Waals surface area contributed by atoms with Crippen molar-refractivity contribution in [1.82, 2.24) is 4.13 Å². The molecule has 0 radical (unpaired) electrons. The van der Waals surface area contributed by atoms with Crippen molar-refractivity contribution >= 4 is 74.7 Å². The first kappa shape index (κ1) is 25.6. The van der Waals surface area contributed by atoms with E-state index < -0.39 is 81.1 Å². The van der Waals surface area contributed by atoms with Gasteiger partial charge in [-0.3, -0.25) is 0 Å². The number of benzene rings is 2. The van der Waals surface area contributed by atoms with Crippen LogP contribution in [0.1, 0.15) is 0 Å². The van der Waals surface area contributed by atoms with E-state index >= 15 is 0 Å². The SMILES string of the molecule is Nc1cc(Cl)c(S(=O)(=O)NS(=O)(=O)c2cc(S(N)(=O)=O)c(Cl)cc2N)cc1S(N)(=O)=O. The van der Waals surface area contributed by atoms with Gasteiger partial charge in [0.1, 0.15) is 19.6 Å². The molecule has 0 aliphatic carbocycles. The lowest BCUT2D eigenvalue weighted by Crippen LogP contribution is -2.32. The maximum atomic E-state index is 12.6. The Balaban J connectivity index is 2.69. The highest BCUT2D eigenvalue weighted by Crippen LogP contribution is 2.32. The Hall–Kier alpha value is -1.70. The van der Waals surface area contributed by atoms with Gasteiger partial charge >= 0.3 is 0 Å². The quantitative estimate of drug-likeness (QED) is 0.276. The lowest BCUT2D eigenvalue weighted by Gasteiger charge is -2.14. The third kappa shape index (κ3) is 5.38. The van der Waals surface area contributed by atoms with Crippen molar-refractivity contribution in [3.05, 3.63) is 34.3 Å². The van der Waals surface area contributed by atoms with Crippen molar-refractivity contribution in [2.45, 2.75) is 19.6 Å². The average Bonchev–Trinajstić information content (AvgIpc) is 2.50. The van der Waals surface area contributed by atoms with Crippen LogP contribution in [0.5, 0.6) is 0 Å². The molecule has 0 unspecified atom stereocenters. The molecule has 9 N–H and O–H groups in total. The monoisotopic (exact) mass is 553 g/mol. The predicted molar refractivity (Wildman–Crippen MR) is 112 cm³/mol. The van der Waals surface area contributed by atoms with Gasteiger partial charge in [0.2, 0.25) is 20.0 Å². The molecule has 2 aromatic rings. The second kappa shape index (κ2) is 8.01. The number of primary sulfonamides is 2. The molecule has 2 aromatic carbocycles. The fraction of sp³-hybridized carbons (Fsp3) is 0. The zero-order valence-electron chi connectivity index (χ0n) is 14.8. The van der Waals surface area contributed by atoms with Crippen LogP contribution in [0.25, 0.3) is 0 Å². The summed E-state index contributed by atoms with van der Waals surface area (Å²) in [7, 11) is -19.2. The molecule has 0 atom stereocenters. The van der Waals surface area contributed by atoms with Gasteiger partial charge in [0.25, 0.3) is 20.0 Å². The average molecular weight is 554 g/mol. The van der Waals surface area contributed by atoms with E-state index in [0.717, 1.165) is 12.1 Å². The van der Waals surface area contributed by atoms with E-state index in [0.29, 0.717) is 12.1 Å². The van der Waals surface area contributed by atoms with E-state index in [2.05, 4.69) is 0 Å². The van der Waals surface area contributed by atoms with Crippen LogP contribution < -0.4 is 25.9 Å². The molecule has 0 saturated carbocycles. The Bertz CT molecular complexity index is 1410. The first-order valence-corrected chi connectivity index (χ1v) is 14.1. The van der Waals surface area contributed by atoms with Gasteiger partial charge < -0.3 is 11.5 Å². The Morgan fingerprint density at radius 3 is 1.39 bits per heavy atom.